The van der Waals surface area contributed by atoms with Gasteiger partial charge in [-0.25, -0.2) is 13.9 Å². The molecule has 37 heavy (non-hydrogen) atoms. The van der Waals surface area contributed by atoms with Crippen LogP contribution in [-0.4, -0.2) is 70.3 Å². The number of ether oxygens (including phenoxy) is 1. The molecule has 0 amide bonds. The molecule has 3 heterocycles. The summed E-state index contributed by atoms with van der Waals surface area (Å²) in [7, 11) is -9.56. The van der Waals surface area contributed by atoms with Crippen LogP contribution < -0.4 is 5.32 Å². The molecular weight excluding hydrogens is 557 g/mol. The fourth-order valence-corrected chi connectivity index (χ4v) is 6.73. The third-order valence-electron chi connectivity index (χ3n) is 5.66. The number of rotatable bonds is 9. The summed E-state index contributed by atoms with van der Waals surface area (Å²) in [5.41, 5.74) is 1.25. The van der Waals surface area contributed by atoms with Crippen LogP contribution in [0, 0.1) is 5.82 Å². The first kappa shape index (κ1) is 28.1. The molecule has 1 saturated heterocycles. The second-order valence-corrected chi connectivity index (χ2v) is 12.9. The second-order valence-electron chi connectivity index (χ2n) is 8.50. The number of halogens is 2. The lowest BCUT2D eigenvalue weighted by molar-refractivity contribution is -0.0217. The van der Waals surface area contributed by atoms with Crippen molar-refractivity contribution in [3.05, 3.63) is 58.9 Å². The minimum atomic E-state index is -4.85. The maximum atomic E-state index is 14.2. The molecule has 13 nitrogen and oxygen atoms in total. The molecule has 202 valence electrons. The number of benzene rings is 1. The number of hydrogen-bond acceptors (Lipinski definition) is 9. The summed E-state index contributed by atoms with van der Waals surface area (Å²) in [6, 6.07) is 7.29. The topological polar surface area (TPSA) is 196 Å². The zero-order valence-corrected chi connectivity index (χ0v) is 21.7. The molecule has 6 atom stereocenters. The quantitative estimate of drug-likeness (QED) is 0.202. The van der Waals surface area contributed by atoms with E-state index in [2.05, 4.69) is 15.4 Å². The van der Waals surface area contributed by atoms with Crippen molar-refractivity contribution >= 4 is 38.0 Å². The number of aliphatic hydroxyl groups excluding tert-OH is 2. The van der Waals surface area contributed by atoms with E-state index in [9.17, 15) is 28.6 Å². The Kier molecular flexibility index (Phi) is 8.08. The van der Waals surface area contributed by atoms with Gasteiger partial charge in [0.15, 0.2) is 16.9 Å². The van der Waals surface area contributed by atoms with Crippen LogP contribution in [0.5, 0.6) is 0 Å². The highest BCUT2D eigenvalue weighted by molar-refractivity contribution is 7.70. The Bertz CT molecular complexity index is 1390. The third kappa shape index (κ3) is 6.37. The van der Waals surface area contributed by atoms with Crippen molar-refractivity contribution in [3.8, 4) is 0 Å². The number of aromatic nitrogens is 3. The summed E-state index contributed by atoms with van der Waals surface area (Å²) in [5.74, 6) is -1.77. The van der Waals surface area contributed by atoms with Crippen LogP contribution in [0.4, 0.5) is 10.1 Å². The highest BCUT2D eigenvalue weighted by atomic mass is 35.5. The van der Waals surface area contributed by atoms with E-state index in [0.29, 0.717) is 16.8 Å². The maximum Gasteiger partial charge on any atom is 0.340 e. The number of nitrogens with zero attached hydrogens (tertiary/aromatic N) is 3. The molecule has 0 bridgehead atoms. The first-order valence-corrected chi connectivity index (χ1v) is 14.8. The van der Waals surface area contributed by atoms with E-state index in [1.165, 1.54) is 22.8 Å². The number of aliphatic hydroxyl groups is 2. The Morgan fingerprint density at radius 1 is 1.24 bits per heavy atom. The lowest BCUT2D eigenvalue weighted by atomic mass is 10.1. The van der Waals surface area contributed by atoms with E-state index in [1.807, 2.05) is 0 Å². The van der Waals surface area contributed by atoms with E-state index in [1.54, 1.807) is 25.1 Å². The van der Waals surface area contributed by atoms with Crippen LogP contribution in [0.3, 0.4) is 0 Å². The Morgan fingerprint density at radius 3 is 2.62 bits per heavy atom. The molecule has 2 aromatic heterocycles. The van der Waals surface area contributed by atoms with E-state index in [-0.39, 0.29) is 11.0 Å². The van der Waals surface area contributed by atoms with Gasteiger partial charge in [-0.1, -0.05) is 29.8 Å². The SMILES string of the molecule is C[C@H](Nc1cc(Cl)nn2c([C@@H]3O[C@H](COP(=O)(O)CP(=O)(O)O)[C@@H](O)[C@H]3O)ncc12)c1ccccc1F. The van der Waals surface area contributed by atoms with Crippen molar-refractivity contribution in [3.63, 3.8) is 0 Å². The van der Waals surface area contributed by atoms with Crippen LogP contribution in [0.25, 0.3) is 5.52 Å². The summed E-state index contributed by atoms with van der Waals surface area (Å²) in [5, 5.41) is 28.3. The van der Waals surface area contributed by atoms with Crippen molar-refractivity contribution in [1.29, 1.82) is 0 Å². The highest BCUT2D eigenvalue weighted by Crippen LogP contribution is 2.55. The fraction of sp³-hybridized carbons (Fsp3) is 0.400. The van der Waals surface area contributed by atoms with Crippen LogP contribution in [0.15, 0.2) is 36.5 Å². The molecule has 1 aliphatic rings. The van der Waals surface area contributed by atoms with Gasteiger partial charge in [-0.15, -0.1) is 0 Å². The van der Waals surface area contributed by atoms with Crippen molar-refractivity contribution < 1.29 is 47.7 Å². The summed E-state index contributed by atoms with van der Waals surface area (Å²) in [6.45, 7) is 1.00. The second kappa shape index (κ2) is 10.7. The lowest BCUT2D eigenvalue weighted by Gasteiger charge is -2.18. The Balaban J connectivity index is 1.56. The average molecular weight is 581 g/mol. The van der Waals surface area contributed by atoms with Gasteiger partial charge >= 0.3 is 15.2 Å². The van der Waals surface area contributed by atoms with Gasteiger partial charge in [0.05, 0.1) is 24.5 Å². The van der Waals surface area contributed by atoms with Crippen LogP contribution >= 0.6 is 26.8 Å². The molecule has 6 N–H and O–H groups in total. The van der Waals surface area contributed by atoms with Gasteiger partial charge in [0, 0.05) is 11.6 Å². The van der Waals surface area contributed by atoms with Crippen LogP contribution in [0.2, 0.25) is 5.15 Å². The minimum absolute atomic E-state index is 0.0292. The molecule has 1 fully saturated rings. The number of imidazole rings is 1. The smallest absolute Gasteiger partial charge is 0.340 e. The zero-order chi connectivity index (χ0) is 27.1. The lowest BCUT2D eigenvalue weighted by Crippen LogP contribution is -2.33. The normalized spacial score (nSPS) is 24.8. The van der Waals surface area contributed by atoms with Gasteiger partial charge in [0.1, 0.15) is 35.7 Å². The van der Waals surface area contributed by atoms with Gasteiger partial charge in [0.2, 0.25) is 0 Å². The van der Waals surface area contributed by atoms with Gasteiger partial charge in [-0.3, -0.25) is 9.13 Å². The summed E-state index contributed by atoms with van der Waals surface area (Å²) >= 11 is 6.20. The number of hydrogen-bond donors (Lipinski definition) is 6. The zero-order valence-electron chi connectivity index (χ0n) is 19.1. The highest BCUT2D eigenvalue weighted by Gasteiger charge is 2.46. The molecule has 1 aliphatic heterocycles. The molecule has 0 aliphatic carbocycles. The predicted molar refractivity (Wildman–Crippen MR) is 129 cm³/mol. The Morgan fingerprint density at radius 2 is 1.95 bits per heavy atom. The van der Waals surface area contributed by atoms with Gasteiger partial charge < -0.3 is 39.5 Å². The van der Waals surface area contributed by atoms with Crippen molar-refractivity contribution in [2.24, 2.45) is 0 Å². The first-order valence-electron chi connectivity index (χ1n) is 10.8. The van der Waals surface area contributed by atoms with Gasteiger partial charge in [-0.05, 0) is 13.0 Å². The molecule has 1 aromatic carbocycles. The number of fused-ring (bicyclic) bond motifs is 1. The molecule has 0 saturated carbocycles. The first-order chi connectivity index (χ1) is 17.3. The van der Waals surface area contributed by atoms with E-state index in [0.717, 1.165) is 0 Å². The maximum absolute atomic E-state index is 14.2. The molecule has 4 rings (SSSR count). The molecule has 0 spiro atoms. The van der Waals surface area contributed by atoms with E-state index in [4.69, 9.17) is 30.6 Å². The van der Waals surface area contributed by atoms with E-state index < -0.39 is 64.0 Å². The largest absolute Gasteiger partial charge is 0.387 e. The minimum Gasteiger partial charge on any atom is -0.387 e. The fourth-order valence-electron chi connectivity index (χ4n) is 3.98. The molecule has 0 radical (unpaired) electrons. The van der Waals surface area contributed by atoms with E-state index >= 15 is 0 Å². The summed E-state index contributed by atoms with van der Waals surface area (Å²) < 4.78 is 48.8. The van der Waals surface area contributed by atoms with Crippen LogP contribution in [-0.2, 0) is 18.4 Å². The Hall–Kier alpha value is -1.96. The standard InChI is InChI=1S/C20H24ClFN4O9P2/c1-10(11-4-2-3-5-12(11)22)24-13-6-16(21)25-26-14(13)7-23-20(26)19-18(28)17(27)15(35-19)8-34-37(32,33)9-36(29,30)31/h2-7,10,15,17-19,24,27-28H,8-9H2,1H3,(H,32,33)(H2,29,30,31)/t10-,15+,17+,18+,19+/m0/s1. The third-order valence-corrected chi connectivity index (χ3v) is 9.30. The molecule has 3 aromatic rings. The van der Waals surface area contributed by atoms with Gasteiger partial charge in [0.25, 0.3) is 0 Å². The summed E-state index contributed by atoms with van der Waals surface area (Å²) in [4.78, 5) is 31.7. The van der Waals surface area contributed by atoms with Crippen molar-refractivity contribution in [2.75, 3.05) is 17.8 Å². The monoisotopic (exact) mass is 580 g/mol. The molecule has 17 heteroatoms. The molecule has 1 unspecified atom stereocenters. The summed E-state index contributed by atoms with van der Waals surface area (Å²) in [6.07, 6.45) is -4.35. The molecular formula is C20H24ClFN4O9P2. The van der Waals surface area contributed by atoms with Crippen LogP contribution in [0.1, 0.15) is 30.5 Å². The van der Waals surface area contributed by atoms with Gasteiger partial charge in [-0.2, -0.15) is 5.10 Å². The van der Waals surface area contributed by atoms with Crippen molar-refractivity contribution in [1.82, 2.24) is 14.6 Å². The van der Waals surface area contributed by atoms with Crippen molar-refractivity contribution in [2.45, 2.75) is 37.4 Å². The number of anilines is 1. The Labute approximate surface area is 214 Å². The predicted octanol–water partition coefficient (Wildman–Crippen LogP) is 2.19. The number of nitrogens with one attached hydrogen (secondary N) is 1. The average Bonchev–Trinajstić information content (AvgIpc) is 3.32.